The van der Waals surface area contributed by atoms with Gasteiger partial charge in [0.1, 0.15) is 0 Å². The average molecular weight is 268 g/mol. The van der Waals surface area contributed by atoms with Gasteiger partial charge in [-0.1, -0.05) is 46.5 Å². The van der Waals surface area contributed by atoms with Crippen molar-refractivity contribution in [3.63, 3.8) is 0 Å². The first kappa shape index (κ1) is 17.0. The van der Waals surface area contributed by atoms with E-state index in [1.807, 2.05) is 0 Å². The highest BCUT2D eigenvalue weighted by atomic mass is 15.2. The van der Waals surface area contributed by atoms with Crippen LogP contribution in [0.3, 0.4) is 0 Å². The number of rotatable bonds is 5. The second kappa shape index (κ2) is 7.11. The van der Waals surface area contributed by atoms with Crippen LogP contribution in [-0.2, 0) is 0 Å². The molecule has 1 saturated heterocycles. The zero-order chi connectivity index (χ0) is 14.5. The fourth-order valence-electron chi connectivity index (χ4n) is 3.16. The van der Waals surface area contributed by atoms with Gasteiger partial charge >= 0.3 is 0 Å². The van der Waals surface area contributed by atoms with E-state index in [1.165, 1.54) is 58.0 Å². The first-order valence-corrected chi connectivity index (χ1v) is 8.43. The van der Waals surface area contributed by atoms with Crippen molar-refractivity contribution in [3.8, 4) is 0 Å². The van der Waals surface area contributed by atoms with Gasteiger partial charge < -0.3 is 0 Å². The Kier molecular flexibility index (Phi) is 6.36. The summed E-state index contributed by atoms with van der Waals surface area (Å²) >= 11 is 0. The van der Waals surface area contributed by atoms with Crippen molar-refractivity contribution in [1.29, 1.82) is 0 Å². The van der Waals surface area contributed by atoms with E-state index >= 15 is 0 Å². The van der Waals surface area contributed by atoms with Gasteiger partial charge in [-0.25, -0.2) is 0 Å². The summed E-state index contributed by atoms with van der Waals surface area (Å²) < 4.78 is 0. The summed E-state index contributed by atoms with van der Waals surface area (Å²) in [6.45, 7) is 16.7. The summed E-state index contributed by atoms with van der Waals surface area (Å²) in [4.78, 5) is 2.66. The monoisotopic (exact) mass is 267 g/mol. The zero-order valence-electron chi connectivity index (χ0n) is 14.4. The maximum atomic E-state index is 2.66. The molecule has 114 valence electrons. The molecule has 1 heteroatoms. The maximum absolute atomic E-state index is 2.66. The Balaban J connectivity index is 2.07. The van der Waals surface area contributed by atoms with Gasteiger partial charge in [-0.15, -0.1) is 0 Å². The molecule has 0 radical (unpaired) electrons. The highest BCUT2D eigenvalue weighted by Gasteiger charge is 2.26. The highest BCUT2D eigenvalue weighted by Crippen LogP contribution is 2.28. The Hall–Kier alpha value is -0.0400. The zero-order valence-corrected chi connectivity index (χ0v) is 14.4. The van der Waals surface area contributed by atoms with Gasteiger partial charge in [0.2, 0.25) is 0 Å². The standard InChI is InChI=1S/C18H37N/c1-17(2,3)13-9-7-8-10-16-11-14-19(15-12-16)18(4,5)6/h16H,7-15H2,1-6H3. The predicted octanol–water partition coefficient (Wildman–Crippen LogP) is 5.49. The predicted molar refractivity (Wildman–Crippen MR) is 86.6 cm³/mol. The molecule has 0 unspecified atom stereocenters. The maximum Gasteiger partial charge on any atom is 0.0125 e. The Labute approximate surface area is 122 Å². The van der Waals surface area contributed by atoms with E-state index in [1.54, 1.807) is 0 Å². The molecule has 0 atom stereocenters. The molecule has 1 heterocycles. The number of hydrogen-bond donors (Lipinski definition) is 0. The molecule has 0 bridgehead atoms. The molecule has 0 amide bonds. The second-order valence-electron chi connectivity index (χ2n) is 8.76. The van der Waals surface area contributed by atoms with Crippen molar-refractivity contribution >= 4 is 0 Å². The summed E-state index contributed by atoms with van der Waals surface area (Å²) in [5.41, 5.74) is 0.899. The van der Waals surface area contributed by atoms with E-state index in [0.29, 0.717) is 11.0 Å². The van der Waals surface area contributed by atoms with E-state index in [9.17, 15) is 0 Å². The minimum absolute atomic E-state index is 0.373. The lowest BCUT2D eigenvalue weighted by Crippen LogP contribution is -2.46. The number of nitrogens with zero attached hydrogens (tertiary/aromatic N) is 1. The molecular weight excluding hydrogens is 230 g/mol. The number of unbranched alkanes of at least 4 members (excludes halogenated alkanes) is 2. The van der Waals surface area contributed by atoms with Gasteiger partial charge in [0.15, 0.2) is 0 Å². The smallest absolute Gasteiger partial charge is 0.0125 e. The molecule has 19 heavy (non-hydrogen) atoms. The molecule has 1 aliphatic rings. The van der Waals surface area contributed by atoms with Gasteiger partial charge in [0.05, 0.1) is 0 Å². The summed E-state index contributed by atoms with van der Waals surface area (Å²) in [5, 5.41) is 0. The third kappa shape index (κ3) is 7.34. The summed E-state index contributed by atoms with van der Waals surface area (Å²) in [7, 11) is 0. The van der Waals surface area contributed by atoms with E-state index in [2.05, 4.69) is 46.4 Å². The van der Waals surface area contributed by atoms with E-state index in [0.717, 1.165) is 5.92 Å². The lowest BCUT2D eigenvalue weighted by molar-refractivity contribution is 0.0846. The Morgan fingerprint density at radius 3 is 1.89 bits per heavy atom. The van der Waals surface area contributed by atoms with Gasteiger partial charge in [-0.2, -0.15) is 0 Å². The summed E-state index contributed by atoms with van der Waals surface area (Å²) in [5.74, 6) is 1.01. The van der Waals surface area contributed by atoms with Gasteiger partial charge in [-0.05, 0) is 64.5 Å². The van der Waals surface area contributed by atoms with Crippen LogP contribution in [0, 0.1) is 11.3 Å². The Bertz CT molecular complexity index is 235. The molecule has 0 aromatic carbocycles. The van der Waals surface area contributed by atoms with E-state index in [-0.39, 0.29) is 0 Å². The largest absolute Gasteiger partial charge is 0.298 e. The molecule has 0 aliphatic carbocycles. The molecule has 1 aliphatic heterocycles. The number of hydrogen-bond acceptors (Lipinski definition) is 1. The molecular formula is C18H37N. The van der Waals surface area contributed by atoms with Crippen molar-refractivity contribution in [2.45, 2.75) is 92.0 Å². The van der Waals surface area contributed by atoms with Crippen LogP contribution in [0.15, 0.2) is 0 Å². The fraction of sp³-hybridized carbons (Fsp3) is 1.00. The average Bonchev–Trinajstić information content (AvgIpc) is 2.26. The minimum atomic E-state index is 0.373. The van der Waals surface area contributed by atoms with Crippen molar-refractivity contribution in [3.05, 3.63) is 0 Å². The molecule has 1 fully saturated rings. The van der Waals surface area contributed by atoms with Crippen LogP contribution >= 0.6 is 0 Å². The Morgan fingerprint density at radius 2 is 1.42 bits per heavy atom. The SMILES string of the molecule is CC(C)(C)CCCCCC1CCN(C(C)(C)C)CC1. The fourth-order valence-corrected chi connectivity index (χ4v) is 3.16. The number of likely N-dealkylation sites (tertiary alicyclic amines) is 1. The third-order valence-corrected chi connectivity index (χ3v) is 4.60. The molecule has 0 aromatic rings. The number of piperidine rings is 1. The van der Waals surface area contributed by atoms with Crippen LogP contribution < -0.4 is 0 Å². The topological polar surface area (TPSA) is 3.24 Å². The second-order valence-corrected chi connectivity index (χ2v) is 8.76. The van der Waals surface area contributed by atoms with Crippen LogP contribution in [0.2, 0.25) is 0 Å². The van der Waals surface area contributed by atoms with Gasteiger partial charge in [0.25, 0.3) is 0 Å². The normalized spacial score (nSPS) is 19.9. The molecule has 0 N–H and O–H groups in total. The first-order chi connectivity index (χ1) is 8.68. The highest BCUT2D eigenvalue weighted by molar-refractivity contribution is 4.81. The molecule has 0 spiro atoms. The van der Waals surface area contributed by atoms with Crippen LogP contribution in [0.1, 0.15) is 86.5 Å². The van der Waals surface area contributed by atoms with Crippen LogP contribution in [-0.4, -0.2) is 23.5 Å². The molecule has 0 aromatic heterocycles. The quantitative estimate of drug-likeness (QED) is 0.595. The van der Waals surface area contributed by atoms with Crippen molar-refractivity contribution in [2.24, 2.45) is 11.3 Å². The molecule has 1 rings (SSSR count). The van der Waals surface area contributed by atoms with Crippen LogP contribution in [0.4, 0.5) is 0 Å². The molecule has 1 nitrogen and oxygen atoms in total. The van der Waals surface area contributed by atoms with Crippen molar-refractivity contribution < 1.29 is 0 Å². The van der Waals surface area contributed by atoms with Crippen molar-refractivity contribution in [1.82, 2.24) is 4.90 Å². The van der Waals surface area contributed by atoms with Gasteiger partial charge in [-0.3, -0.25) is 4.90 Å². The minimum Gasteiger partial charge on any atom is -0.298 e. The Morgan fingerprint density at radius 1 is 0.842 bits per heavy atom. The third-order valence-electron chi connectivity index (χ3n) is 4.60. The summed E-state index contributed by atoms with van der Waals surface area (Å²) in [6.07, 6.45) is 10.0. The van der Waals surface area contributed by atoms with E-state index in [4.69, 9.17) is 0 Å². The van der Waals surface area contributed by atoms with Crippen molar-refractivity contribution in [2.75, 3.05) is 13.1 Å². The van der Waals surface area contributed by atoms with Crippen LogP contribution in [0.25, 0.3) is 0 Å². The first-order valence-electron chi connectivity index (χ1n) is 8.43. The van der Waals surface area contributed by atoms with E-state index < -0.39 is 0 Å². The summed E-state index contributed by atoms with van der Waals surface area (Å²) in [6, 6.07) is 0. The lowest BCUT2D eigenvalue weighted by atomic mass is 9.87. The van der Waals surface area contributed by atoms with Crippen LogP contribution in [0.5, 0.6) is 0 Å². The lowest BCUT2D eigenvalue weighted by Gasteiger charge is -2.41. The van der Waals surface area contributed by atoms with Gasteiger partial charge in [0, 0.05) is 5.54 Å². The molecule has 0 saturated carbocycles.